The molecule has 0 bridgehead atoms. The van der Waals surface area contributed by atoms with E-state index < -0.39 is 0 Å². The topological polar surface area (TPSA) is 58.4 Å². The Hall–Kier alpha value is -1.39. The largest absolute Gasteiger partial charge is 0.352 e. The Labute approximate surface area is 127 Å². The SMILES string of the molecule is CCN1CCCC(NC(=O)C(CN)Cc2ccccc2)C1. The Kier molecular flexibility index (Phi) is 6.21. The van der Waals surface area contributed by atoms with Gasteiger partial charge in [0.2, 0.25) is 5.91 Å². The first-order valence-electron chi connectivity index (χ1n) is 7.99. The predicted octanol–water partition coefficient (Wildman–Crippen LogP) is 1.40. The number of benzene rings is 1. The minimum Gasteiger partial charge on any atom is -0.352 e. The monoisotopic (exact) mass is 289 g/mol. The van der Waals surface area contributed by atoms with Crippen molar-refractivity contribution in [2.75, 3.05) is 26.2 Å². The lowest BCUT2D eigenvalue weighted by molar-refractivity contribution is -0.125. The lowest BCUT2D eigenvalue weighted by atomic mass is 9.97. The molecule has 116 valence electrons. The second kappa shape index (κ2) is 8.15. The van der Waals surface area contributed by atoms with Gasteiger partial charge in [0.15, 0.2) is 0 Å². The molecule has 1 aliphatic rings. The van der Waals surface area contributed by atoms with Crippen molar-refractivity contribution in [2.24, 2.45) is 11.7 Å². The molecule has 1 aromatic rings. The summed E-state index contributed by atoms with van der Waals surface area (Å²) in [5, 5.41) is 3.19. The molecule has 1 saturated heterocycles. The Bertz CT molecular complexity index is 435. The number of nitrogens with zero attached hydrogens (tertiary/aromatic N) is 1. The average Bonchev–Trinajstić information content (AvgIpc) is 2.53. The summed E-state index contributed by atoms with van der Waals surface area (Å²) < 4.78 is 0. The highest BCUT2D eigenvalue weighted by Crippen LogP contribution is 2.12. The zero-order chi connectivity index (χ0) is 15.1. The molecule has 2 unspecified atom stereocenters. The van der Waals surface area contributed by atoms with E-state index in [2.05, 4.69) is 29.3 Å². The molecule has 21 heavy (non-hydrogen) atoms. The van der Waals surface area contributed by atoms with E-state index in [4.69, 9.17) is 5.73 Å². The molecule has 2 rings (SSSR count). The van der Waals surface area contributed by atoms with Crippen LogP contribution in [0.15, 0.2) is 30.3 Å². The molecule has 1 aromatic carbocycles. The van der Waals surface area contributed by atoms with E-state index in [9.17, 15) is 4.79 Å². The lowest BCUT2D eigenvalue weighted by Crippen LogP contribution is -2.50. The van der Waals surface area contributed by atoms with Crippen molar-refractivity contribution in [2.45, 2.75) is 32.2 Å². The van der Waals surface area contributed by atoms with Crippen LogP contribution >= 0.6 is 0 Å². The van der Waals surface area contributed by atoms with Crippen LogP contribution in [0.3, 0.4) is 0 Å². The van der Waals surface area contributed by atoms with Crippen molar-refractivity contribution in [1.82, 2.24) is 10.2 Å². The molecule has 0 radical (unpaired) electrons. The molecule has 0 spiro atoms. The predicted molar refractivity (Wildman–Crippen MR) is 86.0 cm³/mol. The van der Waals surface area contributed by atoms with Crippen LogP contribution in [0.1, 0.15) is 25.3 Å². The maximum absolute atomic E-state index is 12.4. The van der Waals surface area contributed by atoms with Crippen LogP contribution in [0.4, 0.5) is 0 Å². The van der Waals surface area contributed by atoms with Gasteiger partial charge >= 0.3 is 0 Å². The average molecular weight is 289 g/mol. The first-order chi connectivity index (χ1) is 10.2. The number of carbonyl (C=O) groups is 1. The van der Waals surface area contributed by atoms with Crippen molar-refractivity contribution in [1.29, 1.82) is 0 Å². The molecular weight excluding hydrogens is 262 g/mol. The van der Waals surface area contributed by atoms with Gasteiger partial charge in [-0.2, -0.15) is 0 Å². The Morgan fingerprint density at radius 2 is 2.19 bits per heavy atom. The third-order valence-electron chi connectivity index (χ3n) is 4.28. The molecule has 2 atom stereocenters. The Morgan fingerprint density at radius 3 is 2.86 bits per heavy atom. The molecule has 3 N–H and O–H groups in total. The van der Waals surface area contributed by atoms with E-state index in [0.29, 0.717) is 13.0 Å². The van der Waals surface area contributed by atoms with E-state index in [1.54, 1.807) is 0 Å². The van der Waals surface area contributed by atoms with Gasteiger partial charge in [0.1, 0.15) is 0 Å². The van der Waals surface area contributed by atoms with Crippen molar-refractivity contribution >= 4 is 5.91 Å². The summed E-state index contributed by atoms with van der Waals surface area (Å²) in [7, 11) is 0. The summed E-state index contributed by atoms with van der Waals surface area (Å²) in [5.41, 5.74) is 6.98. The van der Waals surface area contributed by atoms with Gasteiger partial charge in [0.25, 0.3) is 0 Å². The summed E-state index contributed by atoms with van der Waals surface area (Å²) in [6.07, 6.45) is 2.95. The fraction of sp³-hybridized carbons (Fsp3) is 0.588. The number of likely N-dealkylation sites (tertiary alicyclic amines) is 1. The molecule has 1 aliphatic heterocycles. The number of likely N-dealkylation sites (N-methyl/N-ethyl adjacent to an activating group) is 1. The van der Waals surface area contributed by atoms with Gasteiger partial charge in [-0.3, -0.25) is 4.79 Å². The molecule has 1 amide bonds. The van der Waals surface area contributed by atoms with Crippen LogP contribution < -0.4 is 11.1 Å². The standard InChI is InChI=1S/C17H27N3O/c1-2-20-10-6-9-16(13-20)19-17(21)15(12-18)11-14-7-4-3-5-8-14/h3-5,7-8,15-16H,2,6,9-13,18H2,1H3,(H,19,21). The van der Waals surface area contributed by atoms with Crippen LogP contribution in [0.2, 0.25) is 0 Å². The highest BCUT2D eigenvalue weighted by atomic mass is 16.2. The van der Waals surface area contributed by atoms with Crippen molar-refractivity contribution < 1.29 is 4.79 Å². The second-order valence-corrected chi connectivity index (χ2v) is 5.86. The summed E-state index contributed by atoms with van der Waals surface area (Å²) in [4.78, 5) is 14.8. The molecular formula is C17H27N3O. The quantitative estimate of drug-likeness (QED) is 0.832. The smallest absolute Gasteiger partial charge is 0.224 e. The van der Waals surface area contributed by atoms with E-state index in [-0.39, 0.29) is 17.9 Å². The highest BCUT2D eigenvalue weighted by molar-refractivity contribution is 5.79. The van der Waals surface area contributed by atoms with Gasteiger partial charge in [-0.1, -0.05) is 37.3 Å². The van der Waals surface area contributed by atoms with Gasteiger partial charge in [-0.25, -0.2) is 0 Å². The summed E-state index contributed by atoms with van der Waals surface area (Å²) in [6, 6.07) is 10.4. The Balaban J connectivity index is 1.88. The van der Waals surface area contributed by atoms with Crippen molar-refractivity contribution in [3.05, 3.63) is 35.9 Å². The first kappa shape index (κ1) is 16.0. The lowest BCUT2D eigenvalue weighted by Gasteiger charge is -2.33. The van der Waals surface area contributed by atoms with E-state index in [1.807, 2.05) is 18.2 Å². The molecule has 0 saturated carbocycles. The molecule has 0 aromatic heterocycles. The zero-order valence-electron chi connectivity index (χ0n) is 12.9. The number of hydrogen-bond donors (Lipinski definition) is 2. The number of nitrogens with one attached hydrogen (secondary N) is 1. The van der Waals surface area contributed by atoms with Gasteiger partial charge in [-0.15, -0.1) is 0 Å². The summed E-state index contributed by atoms with van der Waals surface area (Å²) in [5.74, 6) is -0.0336. The fourth-order valence-electron chi connectivity index (χ4n) is 2.96. The van der Waals surface area contributed by atoms with Crippen LogP contribution in [0.5, 0.6) is 0 Å². The van der Waals surface area contributed by atoms with E-state index >= 15 is 0 Å². The van der Waals surface area contributed by atoms with Gasteiger partial charge < -0.3 is 16.0 Å². The summed E-state index contributed by atoms with van der Waals surface area (Å²) >= 11 is 0. The molecule has 1 heterocycles. The van der Waals surface area contributed by atoms with E-state index in [0.717, 1.165) is 32.5 Å². The third kappa shape index (κ3) is 4.83. The van der Waals surface area contributed by atoms with Crippen LogP contribution in [-0.4, -0.2) is 43.0 Å². The maximum atomic E-state index is 12.4. The van der Waals surface area contributed by atoms with Crippen LogP contribution in [0, 0.1) is 5.92 Å². The molecule has 1 fully saturated rings. The van der Waals surface area contributed by atoms with Gasteiger partial charge in [-0.05, 0) is 37.9 Å². The number of piperidine rings is 1. The third-order valence-corrected chi connectivity index (χ3v) is 4.28. The van der Waals surface area contributed by atoms with Crippen molar-refractivity contribution in [3.8, 4) is 0 Å². The summed E-state index contributed by atoms with van der Waals surface area (Å²) in [6.45, 7) is 5.72. The normalized spacial score (nSPS) is 21.0. The maximum Gasteiger partial charge on any atom is 0.224 e. The zero-order valence-corrected chi connectivity index (χ0v) is 12.9. The van der Waals surface area contributed by atoms with Crippen LogP contribution in [0.25, 0.3) is 0 Å². The van der Waals surface area contributed by atoms with Gasteiger partial charge in [0, 0.05) is 19.1 Å². The Morgan fingerprint density at radius 1 is 1.43 bits per heavy atom. The van der Waals surface area contributed by atoms with Crippen LogP contribution in [-0.2, 0) is 11.2 Å². The number of amides is 1. The fourth-order valence-corrected chi connectivity index (χ4v) is 2.96. The minimum absolute atomic E-state index is 0.101. The van der Waals surface area contributed by atoms with E-state index in [1.165, 1.54) is 5.56 Å². The van der Waals surface area contributed by atoms with Crippen molar-refractivity contribution in [3.63, 3.8) is 0 Å². The number of carbonyl (C=O) groups excluding carboxylic acids is 1. The molecule has 4 heteroatoms. The van der Waals surface area contributed by atoms with Gasteiger partial charge in [0.05, 0.1) is 5.92 Å². The first-order valence-corrected chi connectivity index (χ1v) is 7.99. The second-order valence-electron chi connectivity index (χ2n) is 5.86. The number of hydrogen-bond acceptors (Lipinski definition) is 3. The number of nitrogens with two attached hydrogens (primary N) is 1. The number of rotatable bonds is 6. The molecule has 4 nitrogen and oxygen atoms in total. The minimum atomic E-state index is -0.135. The highest BCUT2D eigenvalue weighted by Gasteiger charge is 2.24. The molecule has 0 aliphatic carbocycles.